The van der Waals surface area contributed by atoms with Gasteiger partial charge in [0.15, 0.2) is 6.04 Å². The maximum Gasteiger partial charge on any atom is 0.321 e. The van der Waals surface area contributed by atoms with Crippen molar-refractivity contribution in [2.24, 2.45) is 5.92 Å². The van der Waals surface area contributed by atoms with Crippen molar-refractivity contribution < 1.29 is 14.9 Å². The molecule has 0 radical (unpaired) electrons. The number of hydrogen-bond donors (Lipinski definition) is 3. The van der Waals surface area contributed by atoms with Crippen molar-refractivity contribution in [1.82, 2.24) is 10.6 Å². The van der Waals surface area contributed by atoms with E-state index in [0.29, 0.717) is 5.92 Å². The molecule has 0 saturated heterocycles. The highest BCUT2D eigenvalue weighted by molar-refractivity contribution is 5.96. The van der Waals surface area contributed by atoms with Gasteiger partial charge in [0.25, 0.3) is 5.91 Å². The van der Waals surface area contributed by atoms with E-state index in [-0.39, 0.29) is 11.9 Å². The molecule has 27 heavy (non-hydrogen) atoms. The Morgan fingerprint density at radius 3 is 2.11 bits per heavy atom. The zero-order valence-corrected chi connectivity index (χ0v) is 16.5. The lowest BCUT2D eigenvalue weighted by molar-refractivity contribution is -0.719. The van der Waals surface area contributed by atoms with E-state index in [9.17, 15) is 9.59 Å². The molecule has 0 heterocycles. The third-order valence-corrected chi connectivity index (χ3v) is 4.54. The molecule has 0 bridgehead atoms. The van der Waals surface area contributed by atoms with Gasteiger partial charge < -0.3 is 10.6 Å². The molecule has 0 aliphatic heterocycles. The molecule has 0 aromatic heterocycles. The number of quaternary nitrogens is 1. The third-order valence-electron chi connectivity index (χ3n) is 4.54. The molecule has 2 aromatic rings. The summed E-state index contributed by atoms with van der Waals surface area (Å²) < 4.78 is 0. The highest BCUT2D eigenvalue weighted by Gasteiger charge is 2.28. The van der Waals surface area contributed by atoms with Gasteiger partial charge in [-0.05, 0) is 24.8 Å². The summed E-state index contributed by atoms with van der Waals surface area (Å²) in [5.41, 5.74) is 3.33. The molecule has 4 N–H and O–H groups in total. The van der Waals surface area contributed by atoms with Crippen molar-refractivity contribution in [3.8, 4) is 0 Å². The normalized spacial score (nSPS) is 13.1. The molecule has 0 saturated carbocycles. The van der Waals surface area contributed by atoms with Crippen molar-refractivity contribution in [2.75, 3.05) is 7.05 Å². The van der Waals surface area contributed by atoms with E-state index in [0.717, 1.165) is 17.5 Å². The van der Waals surface area contributed by atoms with Gasteiger partial charge in [-0.2, -0.15) is 0 Å². The SMILES string of the molecule is CNC(=O)NC(=O)[C@H]([NH2+][C@@H](C)c1ccc(CC(C)C)cc1)c1ccccc1. The van der Waals surface area contributed by atoms with Crippen molar-refractivity contribution in [2.45, 2.75) is 39.3 Å². The first kappa shape index (κ1) is 20.6. The summed E-state index contributed by atoms with van der Waals surface area (Å²) in [4.78, 5) is 24.2. The molecule has 5 heteroatoms. The van der Waals surface area contributed by atoms with Gasteiger partial charge in [-0.3, -0.25) is 10.1 Å². The number of carbonyl (C=O) groups is 2. The fourth-order valence-electron chi connectivity index (χ4n) is 3.09. The number of nitrogens with one attached hydrogen (secondary N) is 2. The van der Waals surface area contributed by atoms with Crippen LogP contribution in [0.5, 0.6) is 0 Å². The van der Waals surface area contributed by atoms with Crippen LogP contribution in [0, 0.1) is 5.92 Å². The van der Waals surface area contributed by atoms with Crippen LogP contribution in [0.2, 0.25) is 0 Å². The van der Waals surface area contributed by atoms with E-state index < -0.39 is 12.1 Å². The van der Waals surface area contributed by atoms with Gasteiger partial charge in [-0.1, -0.05) is 68.4 Å². The van der Waals surface area contributed by atoms with Crippen molar-refractivity contribution in [3.05, 3.63) is 71.3 Å². The predicted octanol–water partition coefficient (Wildman–Crippen LogP) is 2.71. The van der Waals surface area contributed by atoms with Gasteiger partial charge in [0.2, 0.25) is 0 Å². The summed E-state index contributed by atoms with van der Waals surface area (Å²) in [5.74, 6) is 0.291. The quantitative estimate of drug-likeness (QED) is 0.703. The number of hydrogen-bond acceptors (Lipinski definition) is 2. The van der Waals surface area contributed by atoms with E-state index in [1.807, 2.05) is 35.6 Å². The molecule has 2 aromatic carbocycles. The number of amides is 3. The minimum Gasteiger partial charge on any atom is -0.341 e. The van der Waals surface area contributed by atoms with Crippen molar-refractivity contribution >= 4 is 11.9 Å². The van der Waals surface area contributed by atoms with Gasteiger partial charge in [-0.15, -0.1) is 0 Å². The summed E-state index contributed by atoms with van der Waals surface area (Å²) in [5, 5.41) is 6.81. The van der Waals surface area contributed by atoms with Gasteiger partial charge in [-0.25, -0.2) is 4.79 Å². The van der Waals surface area contributed by atoms with E-state index in [4.69, 9.17) is 0 Å². The fourth-order valence-corrected chi connectivity index (χ4v) is 3.09. The molecule has 0 unspecified atom stereocenters. The van der Waals surface area contributed by atoms with Crippen LogP contribution in [0.25, 0.3) is 0 Å². The summed E-state index contributed by atoms with van der Waals surface area (Å²) in [6, 6.07) is 17.1. The molecule has 0 fully saturated rings. The smallest absolute Gasteiger partial charge is 0.321 e. The Hall–Kier alpha value is -2.66. The molecule has 3 amide bonds. The van der Waals surface area contributed by atoms with E-state index >= 15 is 0 Å². The van der Waals surface area contributed by atoms with E-state index in [1.54, 1.807) is 0 Å². The lowest BCUT2D eigenvalue weighted by Gasteiger charge is -2.20. The maximum atomic E-state index is 12.7. The average molecular weight is 369 g/mol. The number of benzene rings is 2. The Morgan fingerprint density at radius 2 is 1.56 bits per heavy atom. The first-order valence-corrected chi connectivity index (χ1v) is 9.42. The third kappa shape index (κ3) is 6.22. The minimum atomic E-state index is -0.506. The molecule has 0 spiro atoms. The standard InChI is InChI=1S/C22H29N3O2/c1-15(2)14-17-10-12-18(13-11-17)16(3)24-20(19-8-6-5-7-9-19)21(26)25-22(27)23-4/h5-13,15-16,20,24H,14H2,1-4H3,(H2,23,25,26,27)/p+1/t16-,20+/m0/s1. The van der Waals surface area contributed by atoms with Crippen molar-refractivity contribution in [3.63, 3.8) is 0 Å². The Labute approximate surface area is 161 Å². The molecule has 2 rings (SSSR count). The number of imide groups is 1. The first-order chi connectivity index (χ1) is 12.9. The average Bonchev–Trinajstić information content (AvgIpc) is 2.66. The molecular weight excluding hydrogens is 338 g/mol. The van der Waals surface area contributed by atoms with E-state index in [2.05, 4.69) is 55.7 Å². The van der Waals surface area contributed by atoms with Crippen LogP contribution in [0.1, 0.15) is 49.5 Å². The number of rotatable bonds is 7. The van der Waals surface area contributed by atoms with Crippen LogP contribution in [0.3, 0.4) is 0 Å². The zero-order chi connectivity index (χ0) is 19.8. The molecule has 0 aliphatic carbocycles. The topological polar surface area (TPSA) is 74.8 Å². The van der Waals surface area contributed by atoms with Crippen LogP contribution in [0.4, 0.5) is 4.79 Å². The Kier molecular flexibility index (Phi) is 7.55. The second-order valence-electron chi connectivity index (χ2n) is 7.28. The molecular formula is C22H30N3O2+. The zero-order valence-electron chi connectivity index (χ0n) is 16.5. The van der Waals surface area contributed by atoms with Gasteiger partial charge in [0.05, 0.1) is 0 Å². The number of nitrogens with two attached hydrogens (primary N) is 1. The highest BCUT2D eigenvalue weighted by atomic mass is 16.2. The van der Waals surface area contributed by atoms with Crippen LogP contribution < -0.4 is 16.0 Å². The lowest BCUT2D eigenvalue weighted by Crippen LogP contribution is -2.88. The summed E-state index contributed by atoms with van der Waals surface area (Å²) in [6.07, 6.45) is 1.06. The molecule has 5 nitrogen and oxygen atoms in total. The first-order valence-electron chi connectivity index (χ1n) is 9.42. The largest absolute Gasteiger partial charge is 0.341 e. The van der Waals surface area contributed by atoms with Gasteiger partial charge in [0, 0.05) is 18.2 Å². The minimum absolute atomic E-state index is 0.0683. The maximum absolute atomic E-state index is 12.7. The van der Waals surface area contributed by atoms with Gasteiger partial charge in [0.1, 0.15) is 6.04 Å². The number of urea groups is 1. The Morgan fingerprint density at radius 1 is 0.926 bits per heavy atom. The summed E-state index contributed by atoms with van der Waals surface area (Å²) in [7, 11) is 1.49. The highest BCUT2D eigenvalue weighted by Crippen LogP contribution is 2.16. The summed E-state index contributed by atoms with van der Waals surface area (Å²) in [6.45, 7) is 6.49. The van der Waals surface area contributed by atoms with Crippen LogP contribution >= 0.6 is 0 Å². The monoisotopic (exact) mass is 368 g/mol. The number of carbonyl (C=O) groups excluding carboxylic acids is 2. The molecule has 2 atom stereocenters. The predicted molar refractivity (Wildman–Crippen MR) is 107 cm³/mol. The van der Waals surface area contributed by atoms with Crippen LogP contribution in [0.15, 0.2) is 54.6 Å². The Balaban J connectivity index is 2.16. The van der Waals surface area contributed by atoms with Crippen molar-refractivity contribution in [1.29, 1.82) is 0 Å². The fraction of sp³-hybridized carbons (Fsp3) is 0.364. The van der Waals surface area contributed by atoms with E-state index in [1.165, 1.54) is 12.6 Å². The van der Waals surface area contributed by atoms with Crippen LogP contribution in [-0.4, -0.2) is 19.0 Å². The van der Waals surface area contributed by atoms with Gasteiger partial charge >= 0.3 is 6.03 Å². The lowest BCUT2D eigenvalue weighted by atomic mass is 9.98. The molecule has 0 aliphatic rings. The second kappa shape index (κ2) is 9.88. The second-order valence-corrected chi connectivity index (χ2v) is 7.28. The molecule has 144 valence electrons. The van der Waals surface area contributed by atoms with Crippen LogP contribution in [-0.2, 0) is 11.2 Å². The Bertz CT molecular complexity index is 742. The summed E-state index contributed by atoms with van der Waals surface area (Å²) >= 11 is 0.